The Balaban J connectivity index is 1.43. The lowest BCUT2D eigenvalue weighted by atomic mass is 10.0. The molecule has 1 saturated heterocycles. The second-order valence-electron chi connectivity index (χ2n) is 6.18. The summed E-state index contributed by atoms with van der Waals surface area (Å²) in [5.74, 6) is 1.99. The van der Waals surface area contributed by atoms with Crippen LogP contribution in [0.15, 0.2) is 0 Å². The fraction of sp³-hybridized carbons (Fsp3) is 0.800. The van der Waals surface area contributed by atoms with Gasteiger partial charge in [-0.3, -0.25) is 4.79 Å². The van der Waals surface area contributed by atoms with Gasteiger partial charge in [-0.2, -0.15) is 4.37 Å². The molecule has 1 aromatic rings. The summed E-state index contributed by atoms with van der Waals surface area (Å²) in [4.78, 5) is 21.0. The second-order valence-corrected chi connectivity index (χ2v) is 6.91. The van der Waals surface area contributed by atoms with E-state index in [1.165, 1.54) is 37.2 Å². The molecule has 3 rings (SSSR count). The molecule has 2 fully saturated rings. The smallest absolute Gasteiger partial charge is 0.222 e. The van der Waals surface area contributed by atoms with Crippen molar-refractivity contribution in [1.29, 1.82) is 0 Å². The third-order valence-corrected chi connectivity index (χ3v) is 5.53. The van der Waals surface area contributed by atoms with Crippen LogP contribution in [0.3, 0.4) is 0 Å². The normalized spacial score (nSPS) is 20.2. The lowest BCUT2D eigenvalue weighted by Crippen LogP contribution is -2.48. The van der Waals surface area contributed by atoms with Crippen LogP contribution >= 0.6 is 11.5 Å². The molecule has 0 N–H and O–H groups in total. The van der Waals surface area contributed by atoms with Gasteiger partial charge < -0.3 is 9.80 Å². The number of nitrogens with zero attached hydrogens (tertiary/aromatic N) is 4. The molecule has 0 aromatic carbocycles. The summed E-state index contributed by atoms with van der Waals surface area (Å²) in [5, 5.41) is 0.991. The van der Waals surface area contributed by atoms with Gasteiger partial charge in [-0.25, -0.2) is 4.98 Å². The molecule has 1 aliphatic heterocycles. The van der Waals surface area contributed by atoms with E-state index in [2.05, 4.69) is 14.3 Å². The molecule has 0 unspecified atom stereocenters. The Kier molecular flexibility index (Phi) is 4.73. The number of carbonyl (C=O) groups excluding carboxylic acids is 1. The molecule has 1 amide bonds. The SMILES string of the molecule is Cc1nsc(N2CCN(C(=O)CCC3CCCC3)CC2)n1. The van der Waals surface area contributed by atoms with E-state index < -0.39 is 0 Å². The van der Waals surface area contributed by atoms with E-state index in [1.54, 1.807) is 0 Å². The minimum absolute atomic E-state index is 0.343. The Labute approximate surface area is 130 Å². The molecular formula is C15H24N4OS. The number of aryl methyl sites for hydroxylation is 1. The van der Waals surface area contributed by atoms with Crippen LogP contribution < -0.4 is 4.90 Å². The van der Waals surface area contributed by atoms with Crippen LogP contribution in [0.25, 0.3) is 0 Å². The number of hydrogen-bond acceptors (Lipinski definition) is 5. The predicted molar refractivity (Wildman–Crippen MR) is 84.6 cm³/mol. The van der Waals surface area contributed by atoms with E-state index in [0.717, 1.165) is 55.9 Å². The Morgan fingerprint density at radius 1 is 1.24 bits per heavy atom. The summed E-state index contributed by atoms with van der Waals surface area (Å²) >= 11 is 1.45. The Morgan fingerprint density at radius 3 is 2.57 bits per heavy atom. The number of aromatic nitrogens is 2. The zero-order valence-electron chi connectivity index (χ0n) is 12.8. The van der Waals surface area contributed by atoms with E-state index in [9.17, 15) is 4.79 Å². The van der Waals surface area contributed by atoms with E-state index in [1.807, 2.05) is 11.8 Å². The molecule has 21 heavy (non-hydrogen) atoms. The van der Waals surface area contributed by atoms with Crippen LogP contribution in [0, 0.1) is 12.8 Å². The van der Waals surface area contributed by atoms with Gasteiger partial charge in [0.25, 0.3) is 0 Å². The molecule has 1 saturated carbocycles. The number of carbonyl (C=O) groups is 1. The number of rotatable bonds is 4. The lowest BCUT2D eigenvalue weighted by molar-refractivity contribution is -0.131. The predicted octanol–water partition coefficient (Wildman–Crippen LogP) is 2.47. The van der Waals surface area contributed by atoms with Gasteiger partial charge in [-0.1, -0.05) is 25.7 Å². The lowest BCUT2D eigenvalue weighted by Gasteiger charge is -2.34. The first kappa shape index (κ1) is 14.8. The van der Waals surface area contributed by atoms with Crippen molar-refractivity contribution in [1.82, 2.24) is 14.3 Å². The first-order valence-corrected chi connectivity index (χ1v) is 8.83. The average molecular weight is 308 g/mol. The molecule has 1 aliphatic carbocycles. The van der Waals surface area contributed by atoms with Crippen molar-refractivity contribution < 1.29 is 4.79 Å². The number of anilines is 1. The summed E-state index contributed by atoms with van der Waals surface area (Å²) in [7, 11) is 0. The third-order valence-electron chi connectivity index (χ3n) is 4.66. The van der Waals surface area contributed by atoms with Gasteiger partial charge in [0.2, 0.25) is 11.0 Å². The van der Waals surface area contributed by atoms with Crippen LogP contribution in [0.2, 0.25) is 0 Å². The van der Waals surface area contributed by atoms with Gasteiger partial charge in [0, 0.05) is 44.1 Å². The minimum atomic E-state index is 0.343. The van der Waals surface area contributed by atoms with Crippen molar-refractivity contribution in [2.45, 2.75) is 45.4 Å². The van der Waals surface area contributed by atoms with Crippen molar-refractivity contribution in [2.75, 3.05) is 31.1 Å². The van der Waals surface area contributed by atoms with Crippen molar-refractivity contribution in [3.63, 3.8) is 0 Å². The molecule has 5 nitrogen and oxygen atoms in total. The fourth-order valence-electron chi connectivity index (χ4n) is 3.35. The number of hydrogen-bond donors (Lipinski definition) is 0. The summed E-state index contributed by atoms with van der Waals surface area (Å²) in [6.45, 7) is 5.32. The summed E-state index contributed by atoms with van der Waals surface area (Å²) in [6, 6.07) is 0. The third kappa shape index (κ3) is 3.73. The Hall–Kier alpha value is -1.17. The number of piperazine rings is 1. The first-order chi connectivity index (χ1) is 10.2. The quantitative estimate of drug-likeness (QED) is 0.857. The van der Waals surface area contributed by atoms with Crippen LogP contribution in [-0.2, 0) is 4.79 Å². The highest BCUT2D eigenvalue weighted by molar-refractivity contribution is 7.09. The second kappa shape index (κ2) is 6.73. The highest BCUT2D eigenvalue weighted by Gasteiger charge is 2.24. The van der Waals surface area contributed by atoms with Crippen LogP contribution in [0.5, 0.6) is 0 Å². The zero-order chi connectivity index (χ0) is 14.7. The van der Waals surface area contributed by atoms with E-state index in [-0.39, 0.29) is 0 Å². The average Bonchev–Trinajstić information content (AvgIpc) is 3.16. The standard InChI is InChI=1S/C15H24N4OS/c1-12-16-15(21-17-12)19-10-8-18(9-11-19)14(20)7-6-13-4-2-3-5-13/h13H,2-11H2,1H3. The molecule has 116 valence electrons. The molecule has 2 aliphatic rings. The van der Waals surface area contributed by atoms with Gasteiger partial charge >= 0.3 is 0 Å². The van der Waals surface area contributed by atoms with Crippen molar-refractivity contribution in [2.24, 2.45) is 5.92 Å². The van der Waals surface area contributed by atoms with Crippen LogP contribution in [0.4, 0.5) is 5.13 Å². The maximum Gasteiger partial charge on any atom is 0.222 e. The summed E-state index contributed by atoms with van der Waals surface area (Å²) in [5.41, 5.74) is 0. The molecule has 0 atom stereocenters. The van der Waals surface area contributed by atoms with E-state index in [4.69, 9.17) is 0 Å². The van der Waals surface area contributed by atoms with Gasteiger partial charge in [0.15, 0.2) is 0 Å². The number of amides is 1. The van der Waals surface area contributed by atoms with E-state index in [0.29, 0.717) is 5.91 Å². The summed E-state index contributed by atoms with van der Waals surface area (Å²) in [6.07, 6.45) is 7.21. The molecule has 1 aromatic heterocycles. The highest BCUT2D eigenvalue weighted by Crippen LogP contribution is 2.28. The molecule has 0 radical (unpaired) electrons. The minimum Gasteiger partial charge on any atom is -0.343 e. The Bertz CT molecular complexity index is 476. The van der Waals surface area contributed by atoms with Crippen LogP contribution in [0.1, 0.15) is 44.3 Å². The van der Waals surface area contributed by atoms with Gasteiger partial charge in [-0.15, -0.1) is 0 Å². The van der Waals surface area contributed by atoms with Gasteiger partial charge in [0.05, 0.1) is 0 Å². The van der Waals surface area contributed by atoms with Gasteiger partial charge in [-0.05, 0) is 19.3 Å². The fourth-order valence-corrected chi connectivity index (χ4v) is 4.07. The Morgan fingerprint density at radius 2 is 1.95 bits per heavy atom. The maximum absolute atomic E-state index is 12.3. The highest BCUT2D eigenvalue weighted by atomic mass is 32.1. The topological polar surface area (TPSA) is 49.3 Å². The monoisotopic (exact) mass is 308 g/mol. The largest absolute Gasteiger partial charge is 0.343 e. The molecule has 0 spiro atoms. The van der Waals surface area contributed by atoms with Gasteiger partial charge in [0.1, 0.15) is 5.82 Å². The molecule has 0 bridgehead atoms. The van der Waals surface area contributed by atoms with E-state index >= 15 is 0 Å². The van der Waals surface area contributed by atoms with Crippen molar-refractivity contribution in [3.05, 3.63) is 5.82 Å². The molecule has 6 heteroatoms. The molecule has 2 heterocycles. The first-order valence-electron chi connectivity index (χ1n) is 8.05. The van der Waals surface area contributed by atoms with Crippen molar-refractivity contribution in [3.8, 4) is 0 Å². The molecular weight excluding hydrogens is 284 g/mol. The van der Waals surface area contributed by atoms with Crippen LogP contribution in [-0.4, -0.2) is 46.3 Å². The summed E-state index contributed by atoms with van der Waals surface area (Å²) < 4.78 is 4.23. The zero-order valence-corrected chi connectivity index (χ0v) is 13.6. The van der Waals surface area contributed by atoms with Crippen molar-refractivity contribution >= 4 is 22.6 Å². The maximum atomic E-state index is 12.3.